The summed E-state index contributed by atoms with van der Waals surface area (Å²) >= 11 is 6.04. The van der Waals surface area contributed by atoms with E-state index in [1.807, 2.05) is 0 Å². The highest BCUT2D eigenvalue weighted by atomic mass is 32.1. The fourth-order valence-electron chi connectivity index (χ4n) is 1.79. The first-order chi connectivity index (χ1) is 9.77. The Hall–Kier alpha value is -1.87. The van der Waals surface area contributed by atoms with Gasteiger partial charge in [-0.25, -0.2) is 17.6 Å². The van der Waals surface area contributed by atoms with Gasteiger partial charge in [-0.05, 0) is 30.1 Å². The van der Waals surface area contributed by atoms with Gasteiger partial charge in [-0.2, -0.15) is 0 Å². The molecule has 0 bridgehead atoms. The second kappa shape index (κ2) is 5.49. The number of aryl methyl sites for hydroxylation is 1. The van der Waals surface area contributed by atoms with Crippen molar-refractivity contribution in [3.8, 4) is 0 Å². The molecule has 2 rings (SSSR count). The molecule has 21 heavy (non-hydrogen) atoms. The molecule has 9 heteroatoms. The molecule has 1 aromatic heterocycles. The number of nitrogens with zero attached hydrogens (tertiary/aromatic N) is 1. The van der Waals surface area contributed by atoms with Crippen LogP contribution >= 0.6 is 23.6 Å². The third-order valence-corrected chi connectivity index (χ3v) is 3.82. The van der Waals surface area contributed by atoms with Gasteiger partial charge in [0.2, 0.25) is 0 Å². The molecule has 4 N–H and O–H groups in total. The summed E-state index contributed by atoms with van der Waals surface area (Å²) in [4.78, 5) is 0.872. The van der Waals surface area contributed by atoms with Crippen LogP contribution in [0.3, 0.4) is 0 Å². The van der Waals surface area contributed by atoms with Gasteiger partial charge in [0.05, 0.1) is 11.4 Å². The molecule has 0 unspecified atom stereocenters. The molecule has 112 valence electrons. The molecule has 0 amide bonds. The first kappa shape index (κ1) is 15.5. The minimum absolute atomic E-state index is 0.309. The van der Waals surface area contributed by atoms with Crippen molar-refractivity contribution in [3.63, 3.8) is 0 Å². The van der Waals surface area contributed by atoms with Crippen molar-refractivity contribution in [1.82, 2.24) is 0 Å². The quantitative estimate of drug-likeness (QED) is 0.290. The second-order valence-corrected chi connectivity index (χ2v) is 5.29. The van der Waals surface area contributed by atoms with Gasteiger partial charge in [0.1, 0.15) is 5.69 Å². The normalized spacial score (nSPS) is 10.7. The fourth-order valence-corrected chi connectivity index (χ4v) is 2.79. The van der Waals surface area contributed by atoms with E-state index in [9.17, 15) is 17.6 Å². The van der Waals surface area contributed by atoms with Crippen molar-refractivity contribution in [2.24, 2.45) is 5.73 Å². The Morgan fingerprint density at radius 1 is 1.10 bits per heavy atom. The maximum absolute atomic E-state index is 14.0. The Morgan fingerprint density at radius 3 is 2.14 bits per heavy atom. The molecule has 0 spiro atoms. The number of benzene rings is 1. The van der Waals surface area contributed by atoms with Crippen LogP contribution in [0.5, 0.6) is 0 Å². The zero-order valence-electron chi connectivity index (χ0n) is 10.6. The van der Waals surface area contributed by atoms with Gasteiger partial charge in [0.15, 0.2) is 28.4 Å². The molecule has 0 radical (unpaired) electrons. The van der Waals surface area contributed by atoms with Crippen LogP contribution in [0.2, 0.25) is 0 Å². The Bertz CT molecular complexity index is 701. The average Bonchev–Trinajstić information content (AvgIpc) is 2.84. The molecule has 1 aromatic carbocycles. The zero-order chi connectivity index (χ0) is 15.9. The van der Waals surface area contributed by atoms with Crippen LogP contribution in [0.1, 0.15) is 5.56 Å². The maximum Gasteiger partial charge on any atom is 0.199 e. The molecule has 0 atom stereocenters. The van der Waals surface area contributed by atoms with Crippen molar-refractivity contribution in [3.05, 3.63) is 39.6 Å². The first-order valence-electron chi connectivity index (χ1n) is 5.51. The number of thiocarbonyl (C=S) groups is 1. The number of anilines is 3. The summed E-state index contributed by atoms with van der Waals surface area (Å²) in [6, 6.07) is 0. The van der Waals surface area contributed by atoms with Crippen molar-refractivity contribution in [2.45, 2.75) is 6.92 Å². The van der Waals surface area contributed by atoms with E-state index in [0.29, 0.717) is 11.3 Å². The molecule has 0 aliphatic heterocycles. The monoisotopic (exact) mass is 335 g/mol. The summed E-state index contributed by atoms with van der Waals surface area (Å²) in [5, 5.41) is 2.87. The first-order valence-corrected chi connectivity index (χ1v) is 6.86. The van der Waals surface area contributed by atoms with Crippen LogP contribution in [0, 0.1) is 30.2 Å². The van der Waals surface area contributed by atoms with Crippen molar-refractivity contribution >= 4 is 45.7 Å². The SMILES string of the molecule is Cc1cscc1N(C(N)=S)c1c(N)c(F)c(F)c(F)c1F. The zero-order valence-corrected chi connectivity index (χ0v) is 12.2. The lowest BCUT2D eigenvalue weighted by Gasteiger charge is -2.25. The highest BCUT2D eigenvalue weighted by molar-refractivity contribution is 7.80. The molecular weight excluding hydrogens is 326 g/mol. The lowest BCUT2D eigenvalue weighted by Crippen LogP contribution is -2.33. The lowest BCUT2D eigenvalue weighted by molar-refractivity contribution is 0.412. The Labute approximate surface area is 126 Å². The molecule has 0 fully saturated rings. The number of nitrogens with two attached hydrogens (primary N) is 2. The topological polar surface area (TPSA) is 55.3 Å². The Kier molecular flexibility index (Phi) is 4.06. The predicted molar refractivity (Wildman–Crippen MR) is 78.7 cm³/mol. The number of hydrogen-bond acceptors (Lipinski definition) is 3. The predicted octanol–water partition coefficient (Wildman–Crippen LogP) is 3.58. The minimum Gasteiger partial charge on any atom is -0.394 e. The summed E-state index contributed by atoms with van der Waals surface area (Å²) in [7, 11) is 0. The van der Waals surface area contributed by atoms with Gasteiger partial charge in [0, 0.05) is 5.38 Å². The van der Waals surface area contributed by atoms with Crippen molar-refractivity contribution in [1.29, 1.82) is 0 Å². The van der Waals surface area contributed by atoms with Crippen LogP contribution in [0.25, 0.3) is 0 Å². The number of rotatable bonds is 2. The lowest BCUT2D eigenvalue weighted by atomic mass is 10.2. The smallest absolute Gasteiger partial charge is 0.199 e. The van der Waals surface area contributed by atoms with Gasteiger partial charge < -0.3 is 11.5 Å². The van der Waals surface area contributed by atoms with Crippen LogP contribution in [0.4, 0.5) is 34.6 Å². The van der Waals surface area contributed by atoms with E-state index in [-0.39, 0.29) is 5.11 Å². The number of halogens is 4. The molecule has 0 saturated heterocycles. The van der Waals surface area contributed by atoms with E-state index in [1.165, 1.54) is 11.3 Å². The molecule has 3 nitrogen and oxygen atoms in total. The summed E-state index contributed by atoms with van der Waals surface area (Å²) in [5.74, 6) is -7.33. The summed E-state index contributed by atoms with van der Waals surface area (Å²) in [6.45, 7) is 1.67. The van der Waals surface area contributed by atoms with Gasteiger partial charge in [-0.3, -0.25) is 4.90 Å². The number of thiophene rings is 1. The van der Waals surface area contributed by atoms with Gasteiger partial charge in [0.25, 0.3) is 0 Å². The van der Waals surface area contributed by atoms with Crippen molar-refractivity contribution in [2.75, 3.05) is 10.6 Å². The van der Waals surface area contributed by atoms with Gasteiger partial charge in [-0.1, -0.05) is 0 Å². The van der Waals surface area contributed by atoms with E-state index in [4.69, 9.17) is 23.7 Å². The molecule has 2 aromatic rings. The maximum atomic E-state index is 14.0. The number of hydrogen-bond donors (Lipinski definition) is 2. The number of nitrogen functional groups attached to an aromatic ring is 1. The largest absolute Gasteiger partial charge is 0.394 e. The van der Waals surface area contributed by atoms with Crippen LogP contribution in [-0.4, -0.2) is 5.11 Å². The third kappa shape index (κ3) is 2.42. The Balaban J connectivity index is 2.80. The van der Waals surface area contributed by atoms with Gasteiger partial charge in [-0.15, -0.1) is 11.3 Å². The van der Waals surface area contributed by atoms with Crippen molar-refractivity contribution < 1.29 is 17.6 Å². The van der Waals surface area contributed by atoms with E-state index >= 15 is 0 Å². The van der Waals surface area contributed by atoms with Crippen LogP contribution in [0.15, 0.2) is 10.8 Å². The third-order valence-electron chi connectivity index (χ3n) is 2.79. The fraction of sp³-hybridized carbons (Fsp3) is 0.0833. The highest BCUT2D eigenvalue weighted by Crippen LogP contribution is 2.39. The summed E-state index contributed by atoms with van der Waals surface area (Å²) in [6.07, 6.45) is 0. The molecule has 0 saturated carbocycles. The standard InChI is InChI=1S/C12H9F4N3S2/c1-4-2-21-3-5(4)19(12(18)20)11-9(16)7(14)6(13)8(15)10(11)17/h2-3H,17H2,1H3,(H2,18,20). The van der Waals surface area contributed by atoms with E-state index in [0.717, 1.165) is 4.90 Å². The summed E-state index contributed by atoms with van der Waals surface area (Å²) < 4.78 is 54.2. The van der Waals surface area contributed by atoms with Gasteiger partial charge >= 0.3 is 0 Å². The van der Waals surface area contributed by atoms with Crippen LogP contribution in [-0.2, 0) is 0 Å². The highest BCUT2D eigenvalue weighted by Gasteiger charge is 2.30. The molecular formula is C12H9F4N3S2. The van der Waals surface area contributed by atoms with Crippen LogP contribution < -0.4 is 16.4 Å². The molecule has 1 heterocycles. The average molecular weight is 335 g/mol. The minimum atomic E-state index is -1.99. The summed E-state index contributed by atoms with van der Waals surface area (Å²) in [5.41, 5.74) is 10.2. The van der Waals surface area contributed by atoms with E-state index < -0.39 is 34.6 Å². The molecule has 0 aliphatic rings. The molecule has 0 aliphatic carbocycles. The second-order valence-electron chi connectivity index (χ2n) is 4.13. The Morgan fingerprint density at radius 2 is 1.67 bits per heavy atom. The van der Waals surface area contributed by atoms with E-state index in [1.54, 1.807) is 17.7 Å². The van der Waals surface area contributed by atoms with E-state index in [2.05, 4.69) is 0 Å².